The van der Waals surface area contributed by atoms with Crippen LogP contribution in [-0.4, -0.2) is 21.2 Å². The summed E-state index contributed by atoms with van der Waals surface area (Å²) < 4.78 is 0. The summed E-state index contributed by atoms with van der Waals surface area (Å²) in [6.45, 7) is 0.460. The highest BCUT2D eigenvalue weighted by Crippen LogP contribution is 2.24. The molecule has 0 aliphatic carbocycles. The number of benzene rings is 1. The van der Waals surface area contributed by atoms with Crippen LogP contribution in [-0.2, 0) is 6.54 Å². The number of aromatic nitrogens is 1. The van der Waals surface area contributed by atoms with E-state index in [1.54, 1.807) is 0 Å². The van der Waals surface area contributed by atoms with E-state index in [1.165, 1.54) is 12.3 Å². The van der Waals surface area contributed by atoms with Gasteiger partial charge in [-0.2, -0.15) is 0 Å². The minimum atomic E-state index is -1.25. The van der Waals surface area contributed by atoms with E-state index >= 15 is 0 Å². The zero-order valence-corrected chi connectivity index (χ0v) is 9.50. The zero-order valence-electron chi connectivity index (χ0n) is 9.50. The number of nitrogens with two attached hydrogens (primary N) is 1. The minimum absolute atomic E-state index is 0.345. The normalized spacial score (nSPS) is 10.3. The van der Waals surface area contributed by atoms with Gasteiger partial charge in [-0.1, -0.05) is 24.3 Å². The van der Waals surface area contributed by atoms with E-state index in [1.807, 2.05) is 24.3 Å². The Morgan fingerprint density at radius 1 is 1.22 bits per heavy atom. The lowest BCUT2D eigenvalue weighted by molar-refractivity contribution is 0.0687. The Labute approximate surface area is 104 Å². The smallest absolute Gasteiger partial charge is 0.358 e. The summed E-state index contributed by atoms with van der Waals surface area (Å²) >= 11 is 0. The summed E-state index contributed by atoms with van der Waals surface area (Å²) in [5, 5.41) is 18.3. The summed E-state index contributed by atoms with van der Waals surface area (Å²) in [6, 6.07) is 8.82. The lowest BCUT2D eigenvalue weighted by Gasteiger charge is -2.05. The molecule has 2 rings (SSSR count). The van der Waals surface area contributed by atoms with Gasteiger partial charge in [0.1, 0.15) is 5.75 Å². The van der Waals surface area contributed by atoms with Crippen LogP contribution in [0.15, 0.2) is 36.5 Å². The summed E-state index contributed by atoms with van der Waals surface area (Å²) in [7, 11) is 0. The molecule has 0 aliphatic rings. The first-order chi connectivity index (χ1) is 8.61. The molecule has 0 spiro atoms. The molecule has 1 heterocycles. The zero-order chi connectivity index (χ0) is 13.1. The monoisotopic (exact) mass is 244 g/mol. The maximum atomic E-state index is 10.7. The standard InChI is InChI=1S/C13H12N2O3/c14-6-8-1-3-9(4-2-8)10-5-11(16)12(13(17)18)15-7-10/h1-5,7,16H,6,14H2,(H,17,18). The van der Waals surface area contributed by atoms with Gasteiger partial charge in [0.2, 0.25) is 0 Å². The van der Waals surface area contributed by atoms with Crippen LogP contribution in [0.1, 0.15) is 16.1 Å². The van der Waals surface area contributed by atoms with Gasteiger partial charge in [-0.25, -0.2) is 9.78 Å². The number of nitrogens with zero attached hydrogens (tertiary/aromatic N) is 1. The number of aromatic carboxylic acids is 1. The predicted octanol–water partition coefficient (Wildman–Crippen LogP) is 1.61. The molecule has 0 bridgehead atoms. The molecule has 0 aliphatic heterocycles. The predicted molar refractivity (Wildman–Crippen MR) is 66.2 cm³/mol. The third-order valence-electron chi connectivity index (χ3n) is 2.59. The van der Waals surface area contributed by atoms with Gasteiger partial charge >= 0.3 is 5.97 Å². The van der Waals surface area contributed by atoms with Gasteiger partial charge in [-0.3, -0.25) is 0 Å². The molecule has 0 saturated carbocycles. The number of carbonyl (C=O) groups is 1. The van der Waals surface area contributed by atoms with Crippen LogP contribution in [0, 0.1) is 0 Å². The molecule has 2 aromatic rings. The fourth-order valence-electron chi connectivity index (χ4n) is 1.61. The Balaban J connectivity index is 2.39. The number of hydrogen-bond donors (Lipinski definition) is 3. The third-order valence-corrected chi connectivity index (χ3v) is 2.59. The lowest BCUT2D eigenvalue weighted by Crippen LogP contribution is -2.00. The fraction of sp³-hybridized carbons (Fsp3) is 0.0769. The van der Waals surface area contributed by atoms with Gasteiger partial charge in [-0.15, -0.1) is 0 Å². The second-order valence-corrected chi connectivity index (χ2v) is 3.80. The second kappa shape index (κ2) is 4.85. The van der Waals surface area contributed by atoms with Crippen molar-refractivity contribution in [2.24, 2.45) is 5.73 Å². The number of pyridine rings is 1. The Kier molecular flexibility index (Phi) is 3.25. The van der Waals surface area contributed by atoms with Crippen LogP contribution in [0.25, 0.3) is 11.1 Å². The SMILES string of the molecule is NCc1ccc(-c2cnc(C(=O)O)c(O)c2)cc1. The molecule has 0 atom stereocenters. The summed E-state index contributed by atoms with van der Waals surface area (Å²) in [4.78, 5) is 14.4. The van der Waals surface area contributed by atoms with Gasteiger partial charge in [-0.05, 0) is 17.2 Å². The molecule has 0 fully saturated rings. The van der Waals surface area contributed by atoms with Gasteiger partial charge in [0.05, 0.1) is 0 Å². The number of carboxylic acid groups (broad SMARTS) is 1. The van der Waals surface area contributed by atoms with Crippen molar-refractivity contribution in [2.45, 2.75) is 6.54 Å². The Morgan fingerprint density at radius 3 is 2.39 bits per heavy atom. The summed E-state index contributed by atoms with van der Waals surface area (Å²) in [6.07, 6.45) is 1.42. The van der Waals surface area contributed by atoms with E-state index in [0.29, 0.717) is 12.1 Å². The number of carboxylic acids is 1. The first-order valence-electron chi connectivity index (χ1n) is 5.33. The van der Waals surface area contributed by atoms with Crippen molar-refractivity contribution in [3.05, 3.63) is 47.8 Å². The molecule has 18 heavy (non-hydrogen) atoms. The Bertz CT molecular complexity index is 579. The highest BCUT2D eigenvalue weighted by Gasteiger charge is 2.12. The number of rotatable bonds is 3. The Morgan fingerprint density at radius 2 is 1.89 bits per heavy atom. The third kappa shape index (κ3) is 2.31. The molecule has 0 saturated heterocycles. The lowest BCUT2D eigenvalue weighted by atomic mass is 10.0. The van der Waals surface area contributed by atoms with Crippen molar-refractivity contribution < 1.29 is 15.0 Å². The van der Waals surface area contributed by atoms with Crippen molar-refractivity contribution in [3.8, 4) is 16.9 Å². The molecule has 5 heteroatoms. The van der Waals surface area contributed by atoms with Crippen molar-refractivity contribution >= 4 is 5.97 Å². The van der Waals surface area contributed by atoms with Crippen LogP contribution in [0.2, 0.25) is 0 Å². The van der Waals surface area contributed by atoms with Gasteiger partial charge in [0, 0.05) is 18.3 Å². The van der Waals surface area contributed by atoms with Crippen LogP contribution in [0.3, 0.4) is 0 Å². The summed E-state index contributed by atoms with van der Waals surface area (Å²) in [5.74, 6) is -1.60. The largest absolute Gasteiger partial charge is 0.505 e. The maximum absolute atomic E-state index is 10.7. The topological polar surface area (TPSA) is 96.4 Å². The first kappa shape index (κ1) is 12.1. The highest BCUT2D eigenvalue weighted by molar-refractivity contribution is 5.89. The van der Waals surface area contributed by atoms with Crippen molar-refractivity contribution in [2.75, 3.05) is 0 Å². The van der Waals surface area contributed by atoms with Gasteiger partial charge in [0.25, 0.3) is 0 Å². The molecule has 4 N–H and O–H groups in total. The van der Waals surface area contributed by atoms with Crippen LogP contribution >= 0.6 is 0 Å². The van der Waals surface area contributed by atoms with Crippen molar-refractivity contribution in [3.63, 3.8) is 0 Å². The van der Waals surface area contributed by atoms with E-state index in [-0.39, 0.29) is 11.4 Å². The average Bonchev–Trinajstić information content (AvgIpc) is 2.38. The molecule has 92 valence electrons. The minimum Gasteiger partial charge on any atom is -0.505 e. The molecular weight excluding hydrogens is 232 g/mol. The number of hydrogen-bond acceptors (Lipinski definition) is 4. The molecule has 0 unspecified atom stereocenters. The highest BCUT2D eigenvalue weighted by atomic mass is 16.4. The summed E-state index contributed by atoms with van der Waals surface area (Å²) in [5.41, 5.74) is 7.64. The van der Waals surface area contributed by atoms with Crippen LogP contribution in [0.5, 0.6) is 5.75 Å². The Hall–Kier alpha value is -2.40. The second-order valence-electron chi connectivity index (χ2n) is 3.80. The van der Waals surface area contributed by atoms with E-state index < -0.39 is 5.97 Å². The molecular formula is C13H12N2O3. The van der Waals surface area contributed by atoms with E-state index in [0.717, 1.165) is 11.1 Å². The first-order valence-corrected chi connectivity index (χ1v) is 5.33. The fourth-order valence-corrected chi connectivity index (χ4v) is 1.61. The van der Waals surface area contributed by atoms with Crippen molar-refractivity contribution in [1.29, 1.82) is 0 Å². The molecule has 0 amide bonds. The number of aromatic hydroxyl groups is 1. The molecule has 5 nitrogen and oxygen atoms in total. The van der Waals surface area contributed by atoms with Crippen molar-refractivity contribution in [1.82, 2.24) is 4.98 Å². The molecule has 0 radical (unpaired) electrons. The van der Waals surface area contributed by atoms with Gasteiger partial charge in [0.15, 0.2) is 5.69 Å². The average molecular weight is 244 g/mol. The van der Waals surface area contributed by atoms with Gasteiger partial charge < -0.3 is 15.9 Å². The van der Waals surface area contributed by atoms with E-state index in [9.17, 15) is 9.90 Å². The van der Waals surface area contributed by atoms with E-state index in [2.05, 4.69) is 4.98 Å². The molecule has 1 aromatic heterocycles. The maximum Gasteiger partial charge on any atom is 0.358 e. The van der Waals surface area contributed by atoms with E-state index in [4.69, 9.17) is 10.8 Å². The van der Waals surface area contributed by atoms with Crippen LogP contribution < -0.4 is 5.73 Å². The van der Waals surface area contributed by atoms with Crippen LogP contribution in [0.4, 0.5) is 0 Å². The molecule has 1 aromatic carbocycles. The quantitative estimate of drug-likeness (QED) is 0.762.